The van der Waals surface area contributed by atoms with Gasteiger partial charge >= 0.3 is 5.97 Å². The predicted octanol–water partition coefficient (Wildman–Crippen LogP) is 2.25. The van der Waals surface area contributed by atoms with E-state index in [4.69, 9.17) is 10.00 Å². The van der Waals surface area contributed by atoms with Gasteiger partial charge in [-0.25, -0.2) is 4.79 Å². The van der Waals surface area contributed by atoms with Gasteiger partial charge < -0.3 is 4.74 Å². The van der Waals surface area contributed by atoms with E-state index in [1.807, 2.05) is 0 Å². The van der Waals surface area contributed by atoms with Gasteiger partial charge in [-0.3, -0.25) is 10.1 Å². The number of ether oxygens (including phenoxy) is 1. The van der Waals surface area contributed by atoms with Gasteiger partial charge in [0, 0.05) is 0 Å². The summed E-state index contributed by atoms with van der Waals surface area (Å²) in [5.41, 5.74) is -0.732. The van der Waals surface area contributed by atoms with Crippen LogP contribution in [0.1, 0.15) is 22.8 Å². The van der Waals surface area contributed by atoms with Crippen molar-refractivity contribution in [2.24, 2.45) is 0 Å². The lowest BCUT2D eigenvalue weighted by atomic mass is 10.1. The summed E-state index contributed by atoms with van der Waals surface area (Å²) in [5.74, 6) is -0.853. The third kappa shape index (κ3) is 2.71. The summed E-state index contributed by atoms with van der Waals surface area (Å²) >= 11 is 1.74. The largest absolute Gasteiger partial charge is 0.462 e. The molecule has 0 saturated heterocycles. The number of benzene rings is 1. The van der Waals surface area contributed by atoms with E-state index in [0.29, 0.717) is 0 Å². The van der Waals surface area contributed by atoms with Crippen molar-refractivity contribution in [3.63, 3.8) is 0 Å². The Morgan fingerprint density at radius 3 is 2.76 bits per heavy atom. The van der Waals surface area contributed by atoms with Crippen LogP contribution in [0.5, 0.6) is 0 Å². The van der Waals surface area contributed by atoms with Crippen LogP contribution in [0.3, 0.4) is 0 Å². The summed E-state index contributed by atoms with van der Waals surface area (Å²) < 4.78 is 5.01. The molecule has 0 aliphatic heterocycles. The van der Waals surface area contributed by atoms with Crippen molar-refractivity contribution in [3.05, 3.63) is 36.9 Å². The highest BCUT2D eigenvalue weighted by Crippen LogP contribution is 2.28. The first kappa shape index (κ1) is 13.4. The summed E-state index contributed by atoms with van der Waals surface area (Å²) in [7, 11) is 0. The number of hydrogen-bond donors (Lipinski definition) is 0. The highest BCUT2D eigenvalue weighted by Gasteiger charge is 2.28. The van der Waals surface area contributed by atoms with E-state index in [1.54, 1.807) is 35.6 Å². The molecule has 0 spiro atoms. The molecule has 1 aromatic carbocycles. The van der Waals surface area contributed by atoms with Gasteiger partial charge in [0.1, 0.15) is 6.07 Å². The first-order valence-corrected chi connectivity index (χ1v) is 5.64. The number of carbonyl (C=O) groups is 1. The normalized spacial score (nSPS) is 9.47. The van der Waals surface area contributed by atoms with Gasteiger partial charge in [0.05, 0.1) is 20.7 Å². The molecule has 0 fully saturated rings. The molecule has 0 atom stereocenters. The number of rotatable bonds is 3. The Kier molecular flexibility index (Phi) is 4.39. The number of halogens is 1. The van der Waals surface area contributed by atoms with Gasteiger partial charge in [-0.15, -0.1) is 0 Å². The van der Waals surface area contributed by atoms with Crippen LogP contribution in [0.2, 0.25) is 0 Å². The van der Waals surface area contributed by atoms with Crippen LogP contribution in [-0.2, 0) is 4.74 Å². The average molecular weight is 346 g/mol. The molecule has 6 nitrogen and oxygen atoms in total. The standard InChI is InChI=1S/C10H7IN2O4/c1-2-17-10(14)8-6(5-12)3-4-7(11)9(8)13(15)16/h3-4H,2H2,1H3. The molecule has 17 heavy (non-hydrogen) atoms. The van der Waals surface area contributed by atoms with E-state index in [9.17, 15) is 14.9 Å². The van der Waals surface area contributed by atoms with E-state index < -0.39 is 10.9 Å². The van der Waals surface area contributed by atoms with Crippen molar-refractivity contribution in [2.75, 3.05) is 6.61 Å². The van der Waals surface area contributed by atoms with Gasteiger partial charge in [-0.2, -0.15) is 5.26 Å². The minimum Gasteiger partial charge on any atom is -0.462 e. The van der Waals surface area contributed by atoms with Crippen LogP contribution in [-0.4, -0.2) is 17.5 Å². The molecule has 7 heteroatoms. The van der Waals surface area contributed by atoms with E-state index in [-0.39, 0.29) is 27.0 Å². The van der Waals surface area contributed by atoms with Crippen LogP contribution < -0.4 is 0 Å². The van der Waals surface area contributed by atoms with Crippen LogP contribution >= 0.6 is 22.6 Å². The zero-order valence-electron chi connectivity index (χ0n) is 8.77. The van der Waals surface area contributed by atoms with Crippen LogP contribution in [0.4, 0.5) is 5.69 Å². The summed E-state index contributed by atoms with van der Waals surface area (Å²) in [5, 5.41) is 19.8. The van der Waals surface area contributed by atoms with E-state index in [0.717, 1.165) is 0 Å². The summed E-state index contributed by atoms with van der Waals surface area (Å²) in [6.07, 6.45) is 0. The smallest absolute Gasteiger partial charge is 0.346 e. The minimum absolute atomic E-state index is 0.0597. The molecule has 0 aliphatic rings. The Bertz CT molecular complexity index is 522. The Morgan fingerprint density at radius 2 is 2.29 bits per heavy atom. The first-order valence-electron chi connectivity index (χ1n) is 4.57. The highest BCUT2D eigenvalue weighted by molar-refractivity contribution is 14.1. The summed E-state index contributed by atoms with van der Waals surface area (Å²) in [4.78, 5) is 21.8. The number of nitrogens with zero attached hydrogens (tertiary/aromatic N) is 2. The fourth-order valence-electron chi connectivity index (χ4n) is 1.25. The number of esters is 1. The zero-order chi connectivity index (χ0) is 13.0. The molecule has 0 N–H and O–H groups in total. The van der Waals surface area contributed by atoms with Crippen molar-refractivity contribution >= 4 is 34.2 Å². The van der Waals surface area contributed by atoms with Crippen LogP contribution in [0.25, 0.3) is 0 Å². The fourth-order valence-corrected chi connectivity index (χ4v) is 1.89. The number of hydrogen-bond acceptors (Lipinski definition) is 5. The van der Waals surface area contributed by atoms with Gasteiger partial charge in [-0.1, -0.05) is 0 Å². The fraction of sp³-hybridized carbons (Fsp3) is 0.200. The lowest BCUT2D eigenvalue weighted by molar-refractivity contribution is -0.386. The van der Waals surface area contributed by atoms with Crippen molar-refractivity contribution in [2.45, 2.75) is 6.92 Å². The number of nitro groups is 1. The molecule has 1 rings (SSSR count). The van der Waals surface area contributed by atoms with Gasteiger partial charge in [0.2, 0.25) is 0 Å². The Morgan fingerprint density at radius 1 is 1.65 bits per heavy atom. The van der Waals surface area contributed by atoms with E-state index in [1.165, 1.54) is 12.1 Å². The number of nitriles is 1. The molecule has 0 unspecified atom stereocenters. The molecule has 0 aromatic heterocycles. The number of carbonyl (C=O) groups excluding carboxylic acids is 1. The second-order valence-electron chi connectivity index (χ2n) is 2.91. The summed E-state index contributed by atoms with van der Waals surface area (Å²) in [6, 6.07) is 4.53. The van der Waals surface area contributed by atoms with Crippen molar-refractivity contribution in [1.29, 1.82) is 5.26 Å². The second kappa shape index (κ2) is 5.58. The van der Waals surface area contributed by atoms with Gasteiger partial charge in [0.15, 0.2) is 5.56 Å². The topological polar surface area (TPSA) is 93.2 Å². The second-order valence-corrected chi connectivity index (χ2v) is 4.07. The van der Waals surface area contributed by atoms with Crippen LogP contribution in [0.15, 0.2) is 12.1 Å². The Balaban J connectivity index is 3.52. The lowest BCUT2D eigenvalue weighted by Crippen LogP contribution is -2.11. The molecule has 1 aromatic rings. The third-order valence-electron chi connectivity index (χ3n) is 1.91. The average Bonchev–Trinajstić information content (AvgIpc) is 2.28. The van der Waals surface area contributed by atoms with E-state index in [2.05, 4.69) is 0 Å². The number of nitro benzene ring substituents is 1. The SMILES string of the molecule is CCOC(=O)c1c(C#N)ccc(I)c1[N+](=O)[O-]. The minimum atomic E-state index is -0.853. The monoisotopic (exact) mass is 346 g/mol. The first-order chi connectivity index (χ1) is 8.02. The van der Waals surface area contributed by atoms with Gasteiger partial charge in [0.25, 0.3) is 5.69 Å². The molecule has 0 bridgehead atoms. The predicted molar refractivity (Wildman–Crippen MR) is 66.5 cm³/mol. The molecule has 88 valence electrons. The maximum atomic E-state index is 11.6. The quantitative estimate of drug-likeness (QED) is 0.362. The molecule has 0 saturated carbocycles. The molecular weight excluding hydrogens is 339 g/mol. The highest BCUT2D eigenvalue weighted by atomic mass is 127. The molecular formula is C10H7IN2O4. The zero-order valence-corrected chi connectivity index (χ0v) is 10.9. The van der Waals surface area contributed by atoms with Crippen molar-refractivity contribution in [1.82, 2.24) is 0 Å². The molecule has 0 aliphatic carbocycles. The van der Waals surface area contributed by atoms with Crippen LogP contribution in [0, 0.1) is 25.0 Å². The molecule has 0 heterocycles. The maximum absolute atomic E-state index is 11.6. The van der Waals surface area contributed by atoms with E-state index >= 15 is 0 Å². The third-order valence-corrected chi connectivity index (χ3v) is 2.78. The lowest BCUT2D eigenvalue weighted by Gasteiger charge is -2.05. The van der Waals surface area contributed by atoms with Crippen molar-refractivity contribution in [3.8, 4) is 6.07 Å². The van der Waals surface area contributed by atoms with Gasteiger partial charge in [-0.05, 0) is 41.6 Å². The Labute approximate surface area is 110 Å². The Hall–Kier alpha value is -1.69. The molecule has 0 amide bonds. The summed E-state index contributed by atoms with van der Waals surface area (Å²) in [6.45, 7) is 1.68. The van der Waals surface area contributed by atoms with Crippen molar-refractivity contribution < 1.29 is 14.5 Å². The maximum Gasteiger partial charge on any atom is 0.346 e. The molecule has 0 radical (unpaired) electrons.